The standard InChI is InChI=1S/C20H25F3N2O4S/c1-2-30(28,29)25-9-5-14(6-10-25)20(27)24-7-3-13(4-8-24)19(26)18-16(22)11-15(21)12-17(18)23/h11-14H,2-10H2,1H3. The summed E-state index contributed by atoms with van der Waals surface area (Å²) < 4.78 is 66.1. The van der Waals surface area contributed by atoms with Gasteiger partial charge in [-0.05, 0) is 32.6 Å². The zero-order valence-electron chi connectivity index (χ0n) is 16.7. The van der Waals surface area contributed by atoms with Crippen LogP contribution in [0.5, 0.6) is 0 Å². The molecule has 0 bridgehead atoms. The molecule has 30 heavy (non-hydrogen) atoms. The van der Waals surface area contributed by atoms with E-state index in [0.29, 0.717) is 38.1 Å². The summed E-state index contributed by atoms with van der Waals surface area (Å²) >= 11 is 0. The first-order valence-electron chi connectivity index (χ1n) is 10.1. The summed E-state index contributed by atoms with van der Waals surface area (Å²) in [6.45, 7) is 2.78. The minimum Gasteiger partial charge on any atom is -0.342 e. The number of sulfonamides is 1. The zero-order valence-corrected chi connectivity index (χ0v) is 17.6. The molecule has 2 aliphatic rings. The van der Waals surface area contributed by atoms with E-state index in [1.807, 2.05) is 0 Å². The first-order valence-corrected chi connectivity index (χ1v) is 11.7. The van der Waals surface area contributed by atoms with Crippen LogP contribution in [0.1, 0.15) is 43.0 Å². The Bertz CT molecular complexity index is 899. The molecule has 1 amide bonds. The SMILES string of the molecule is CCS(=O)(=O)N1CCC(C(=O)N2CCC(C(=O)c3c(F)cc(F)cc3F)CC2)CC1. The van der Waals surface area contributed by atoms with Gasteiger partial charge in [0.25, 0.3) is 0 Å². The number of benzene rings is 1. The Kier molecular flexibility index (Phi) is 6.86. The fourth-order valence-electron chi connectivity index (χ4n) is 4.17. The summed E-state index contributed by atoms with van der Waals surface area (Å²) in [6.07, 6.45) is 1.43. The van der Waals surface area contributed by atoms with E-state index in [2.05, 4.69) is 0 Å². The molecular weight excluding hydrogens is 421 g/mol. The summed E-state index contributed by atoms with van der Waals surface area (Å²) in [5, 5.41) is 0. The van der Waals surface area contributed by atoms with Crippen LogP contribution in [-0.4, -0.2) is 61.2 Å². The van der Waals surface area contributed by atoms with Gasteiger partial charge in [0.15, 0.2) is 5.78 Å². The topological polar surface area (TPSA) is 74.8 Å². The maximum atomic E-state index is 13.9. The van der Waals surface area contributed by atoms with Crippen molar-refractivity contribution >= 4 is 21.7 Å². The quantitative estimate of drug-likeness (QED) is 0.652. The van der Waals surface area contributed by atoms with Crippen molar-refractivity contribution in [1.82, 2.24) is 9.21 Å². The third-order valence-corrected chi connectivity index (χ3v) is 7.87. The number of hydrogen-bond acceptors (Lipinski definition) is 4. The molecule has 0 unspecified atom stereocenters. The van der Waals surface area contributed by atoms with E-state index in [1.165, 1.54) is 4.31 Å². The van der Waals surface area contributed by atoms with Crippen molar-refractivity contribution in [1.29, 1.82) is 0 Å². The minimum absolute atomic E-state index is 0.0302. The first kappa shape index (κ1) is 22.7. The van der Waals surface area contributed by atoms with Gasteiger partial charge in [0.2, 0.25) is 15.9 Å². The molecule has 0 N–H and O–H groups in total. The van der Waals surface area contributed by atoms with Gasteiger partial charge in [0.05, 0.1) is 11.3 Å². The molecule has 166 valence electrons. The number of Topliss-reactive ketones (excluding diaryl/α,β-unsaturated/α-hetero) is 1. The van der Waals surface area contributed by atoms with E-state index < -0.39 is 44.7 Å². The number of rotatable bonds is 5. The predicted molar refractivity (Wildman–Crippen MR) is 104 cm³/mol. The van der Waals surface area contributed by atoms with Gasteiger partial charge >= 0.3 is 0 Å². The van der Waals surface area contributed by atoms with Gasteiger partial charge in [-0.2, -0.15) is 0 Å². The molecule has 0 saturated carbocycles. The molecule has 1 aromatic carbocycles. The van der Waals surface area contributed by atoms with E-state index >= 15 is 0 Å². The summed E-state index contributed by atoms with van der Waals surface area (Å²) in [5.41, 5.74) is -0.731. The van der Waals surface area contributed by atoms with Crippen molar-refractivity contribution in [2.45, 2.75) is 32.6 Å². The fraction of sp³-hybridized carbons (Fsp3) is 0.600. The zero-order chi connectivity index (χ0) is 22.1. The molecule has 0 spiro atoms. The Labute approximate surface area is 174 Å². The molecule has 3 rings (SSSR count). The van der Waals surface area contributed by atoms with Crippen molar-refractivity contribution in [3.63, 3.8) is 0 Å². The van der Waals surface area contributed by atoms with Gasteiger partial charge in [-0.25, -0.2) is 25.9 Å². The lowest BCUT2D eigenvalue weighted by atomic mass is 9.87. The van der Waals surface area contributed by atoms with Crippen molar-refractivity contribution in [3.05, 3.63) is 35.1 Å². The van der Waals surface area contributed by atoms with Gasteiger partial charge in [-0.1, -0.05) is 0 Å². The van der Waals surface area contributed by atoms with Crippen molar-refractivity contribution in [2.24, 2.45) is 11.8 Å². The number of nitrogens with zero attached hydrogens (tertiary/aromatic N) is 2. The van der Waals surface area contributed by atoms with Crippen LogP contribution in [0.4, 0.5) is 13.2 Å². The molecule has 1 aromatic rings. The average Bonchev–Trinajstić information content (AvgIpc) is 2.72. The number of likely N-dealkylation sites (tertiary alicyclic amines) is 1. The third kappa shape index (κ3) is 4.69. The largest absolute Gasteiger partial charge is 0.342 e. The Morgan fingerprint density at radius 2 is 1.43 bits per heavy atom. The molecule has 2 fully saturated rings. The summed E-state index contributed by atoms with van der Waals surface area (Å²) in [6, 6.07) is 0.972. The Morgan fingerprint density at radius 3 is 1.93 bits per heavy atom. The Balaban J connectivity index is 1.56. The van der Waals surface area contributed by atoms with Gasteiger partial charge < -0.3 is 4.90 Å². The minimum atomic E-state index is -3.26. The van der Waals surface area contributed by atoms with E-state index in [1.54, 1.807) is 11.8 Å². The molecule has 2 heterocycles. The van der Waals surface area contributed by atoms with Crippen LogP contribution >= 0.6 is 0 Å². The Hall–Kier alpha value is -1.94. The normalized spacial score (nSPS) is 19.8. The highest BCUT2D eigenvalue weighted by molar-refractivity contribution is 7.89. The third-order valence-electron chi connectivity index (χ3n) is 5.99. The lowest BCUT2D eigenvalue weighted by Gasteiger charge is -2.36. The van der Waals surface area contributed by atoms with Crippen LogP contribution in [-0.2, 0) is 14.8 Å². The predicted octanol–water partition coefficient (Wildman–Crippen LogP) is 2.59. The molecule has 2 aliphatic heterocycles. The molecular formula is C20H25F3N2O4S. The number of carbonyl (C=O) groups is 2. The molecule has 0 radical (unpaired) electrons. The van der Waals surface area contributed by atoms with Crippen molar-refractivity contribution in [2.75, 3.05) is 31.9 Å². The summed E-state index contributed by atoms with van der Waals surface area (Å²) in [5.74, 6) is -5.19. The highest BCUT2D eigenvalue weighted by atomic mass is 32.2. The number of amides is 1. The van der Waals surface area contributed by atoms with Crippen LogP contribution < -0.4 is 0 Å². The van der Waals surface area contributed by atoms with Crippen molar-refractivity contribution < 1.29 is 31.2 Å². The van der Waals surface area contributed by atoms with Crippen LogP contribution in [0, 0.1) is 29.3 Å². The maximum absolute atomic E-state index is 13.9. The second-order valence-corrected chi connectivity index (χ2v) is 10.0. The monoisotopic (exact) mass is 446 g/mol. The van der Waals surface area contributed by atoms with E-state index in [0.717, 1.165) is 0 Å². The number of carbonyl (C=O) groups excluding carboxylic acids is 2. The summed E-state index contributed by atoms with van der Waals surface area (Å²) in [4.78, 5) is 26.9. The lowest BCUT2D eigenvalue weighted by molar-refractivity contribution is -0.138. The number of halogens is 3. The van der Waals surface area contributed by atoms with Gasteiger partial charge in [-0.3, -0.25) is 9.59 Å². The van der Waals surface area contributed by atoms with E-state index in [4.69, 9.17) is 0 Å². The lowest BCUT2D eigenvalue weighted by Crippen LogP contribution is -2.47. The van der Waals surface area contributed by atoms with Gasteiger partial charge in [-0.15, -0.1) is 0 Å². The van der Waals surface area contributed by atoms with Crippen LogP contribution in [0.25, 0.3) is 0 Å². The molecule has 0 aromatic heterocycles. The number of piperidine rings is 2. The van der Waals surface area contributed by atoms with Crippen LogP contribution in [0.15, 0.2) is 12.1 Å². The maximum Gasteiger partial charge on any atom is 0.225 e. The summed E-state index contributed by atoms with van der Waals surface area (Å²) in [7, 11) is -3.26. The van der Waals surface area contributed by atoms with E-state index in [-0.39, 0.29) is 43.5 Å². The highest BCUT2D eigenvalue weighted by Crippen LogP contribution is 2.28. The second-order valence-electron chi connectivity index (χ2n) is 7.78. The van der Waals surface area contributed by atoms with E-state index in [9.17, 15) is 31.2 Å². The highest BCUT2D eigenvalue weighted by Gasteiger charge is 2.35. The first-order chi connectivity index (χ1) is 14.1. The second kappa shape index (κ2) is 9.05. The van der Waals surface area contributed by atoms with Gasteiger partial charge in [0, 0.05) is 50.1 Å². The molecule has 10 heteroatoms. The molecule has 0 aliphatic carbocycles. The smallest absolute Gasteiger partial charge is 0.225 e. The van der Waals surface area contributed by atoms with Crippen molar-refractivity contribution in [3.8, 4) is 0 Å². The Morgan fingerprint density at radius 1 is 0.933 bits per heavy atom. The van der Waals surface area contributed by atoms with Crippen LogP contribution in [0.3, 0.4) is 0 Å². The average molecular weight is 446 g/mol. The van der Waals surface area contributed by atoms with Gasteiger partial charge in [0.1, 0.15) is 17.5 Å². The molecule has 0 atom stereocenters. The molecule has 6 nitrogen and oxygen atoms in total. The molecule has 2 saturated heterocycles. The number of hydrogen-bond donors (Lipinski definition) is 0. The van der Waals surface area contributed by atoms with Crippen LogP contribution in [0.2, 0.25) is 0 Å². The fourth-order valence-corrected chi connectivity index (χ4v) is 5.30. The number of ketones is 1.